The minimum Gasteiger partial charge on any atom is -0.443 e. The summed E-state index contributed by atoms with van der Waals surface area (Å²) in [6.07, 6.45) is -1.20. The summed E-state index contributed by atoms with van der Waals surface area (Å²) in [5.74, 6) is -0.521. The van der Waals surface area contributed by atoms with Gasteiger partial charge < -0.3 is 14.2 Å². The number of carbonyl (C=O) groups excluding carboxylic acids is 2. The number of ether oxygens (including phenoxy) is 3. The summed E-state index contributed by atoms with van der Waals surface area (Å²) in [7, 11) is 11.6. The van der Waals surface area contributed by atoms with Gasteiger partial charge in [-0.25, -0.2) is 9.69 Å². The lowest BCUT2D eigenvalue weighted by molar-refractivity contribution is -0.130. The molecule has 11 heteroatoms. The molecule has 4 radical (unpaired) electrons. The van der Waals surface area contributed by atoms with E-state index < -0.39 is 42.8 Å². The monoisotopic (exact) mass is 374 g/mol. The summed E-state index contributed by atoms with van der Waals surface area (Å²) in [6, 6.07) is -0.972. The third kappa shape index (κ3) is 5.64. The average molecular weight is 374 g/mol. The summed E-state index contributed by atoms with van der Waals surface area (Å²) in [5, 5.41) is 3.24. The first-order chi connectivity index (χ1) is 12.7. The third-order valence-corrected chi connectivity index (χ3v) is 4.81. The van der Waals surface area contributed by atoms with Gasteiger partial charge >= 0.3 is 6.09 Å². The van der Waals surface area contributed by atoms with E-state index in [0.717, 1.165) is 4.90 Å². The van der Waals surface area contributed by atoms with E-state index in [-0.39, 0.29) is 24.5 Å². The van der Waals surface area contributed by atoms with Gasteiger partial charge in [-0.3, -0.25) is 4.79 Å². The van der Waals surface area contributed by atoms with Crippen molar-refractivity contribution in [3.8, 4) is 0 Å². The topological polar surface area (TPSA) is 114 Å². The molecular formula is C16H24B2N4O5. The van der Waals surface area contributed by atoms with Crippen LogP contribution in [0, 0.1) is 11.8 Å². The Morgan fingerprint density at radius 1 is 1.30 bits per heavy atom. The standard InChI is InChI=1S/C16H24B2N4O5/c1-8(2)15-10(5-13(18)27-15)26-16(24)22(14(23)6-20-21-19)7-11-9(3)4-12(17)25-11/h8-13,15H,4-7H2,1-3H3. The molecule has 2 fully saturated rings. The summed E-state index contributed by atoms with van der Waals surface area (Å²) in [6.45, 7) is 5.27. The summed E-state index contributed by atoms with van der Waals surface area (Å²) < 4.78 is 16.7. The molecule has 0 aliphatic carbocycles. The molecule has 9 nitrogen and oxygen atoms in total. The van der Waals surface area contributed by atoms with Crippen LogP contribution in [0.3, 0.4) is 0 Å². The second-order valence-electron chi connectivity index (χ2n) is 7.36. The van der Waals surface area contributed by atoms with Gasteiger partial charge in [-0.2, -0.15) is 0 Å². The van der Waals surface area contributed by atoms with E-state index in [1.165, 1.54) is 0 Å². The van der Waals surface area contributed by atoms with Gasteiger partial charge in [-0.1, -0.05) is 25.9 Å². The van der Waals surface area contributed by atoms with E-state index in [2.05, 4.69) is 10.0 Å². The van der Waals surface area contributed by atoms with Crippen LogP contribution in [0.5, 0.6) is 0 Å². The van der Waals surface area contributed by atoms with Crippen molar-refractivity contribution < 1.29 is 23.8 Å². The Morgan fingerprint density at radius 2 is 1.96 bits per heavy atom. The molecule has 2 saturated heterocycles. The van der Waals surface area contributed by atoms with Crippen LogP contribution in [-0.2, 0) is 19.0 Å². The van der Waals surface area contributed by atoms with E-state index in [9.17, 15) is 9.59 Å². The molecule has 2 amide bonds. The molecule has 2 aliphatic rings. The van der Waals surface area contributed by atoms with Crippen LogP contribution in [0.25, 0.3) is 10.4 Å². The molecule has 6 unspecified atom stereocenters. The molecule has 0 saturated carbocycles. The van der Waals surface area contributed by atoms with Gasteiger partial charge in [-0.05, 0) is 23.8 Å². The fraction of sp³-hybridized carbons (Fsp3) is 0.875. The van der Waals surface area contributed by atoms with E-state index in [4.69, 9.17) is 35.4 Å². The maximum absolute atomic E-state index is 12.7. The zero-order chi connectivity index (χ0) is 20.1. The lowest BCUT2D eigenvalue weighted by Gasteiger charge is -2.28. The van der Waals surface area contributed by atoms with Crippen molar-refractivity contribution in [1.82, 2.24) is 4.90 Å². The van der Waals surface area contributed by atoms with E-state index in [0.29, 0.717) is 12.8 Å². The predicted molar refractivity (Wildman–Crippen MR) is 98.1 cm³/mol. The smallest absolute Gasteiger partial charge is 0.416 e. The number of hydrogen-bond acceptors (Lipinski definition) is 6. The normalized spacial score (nSPS) is 32.9. The summed E-state index contributed by atoms with van der Waals surface area (Å²) in [5.41, 5.74) is 8.45. The highest BCUT2D eigenvalue weighted by Gasteiger charge is 2.40. The minimum atomic E-state index is -0.835. The predicted octanol–water partition coefficient (Wildman–Crippen LogP) is 1.49. The second kappa shape index (κ2) is 9.48. The number of amides is 2. The lowest BCUT2D eigenvalue weighted by Crippen LogP contribution is -2.46. The molecule has 0 aromatic rings. The van der Waals surface area contributed by atoms with Crippen molar-refractivity contribution in [1.29, 1.82) is 0 Å². The van der Waals surface area contributed by atoms with Crippen LogP contribution < -0.4 is 0 Å². The quantitative estimate of drug-likeness (QED) is 0.303. The summed E-state index contributed by atoms with van der Waals surface area (Å²) in [4.78, 5) is 28.6. The lowest BCUT2D eigenvalue weighted by atomic mass is 9.92. The van der Waals surface area contributed by atoms with Crippen LogP contribution in [0.15, 0.2) is 5.11 Å². The van der Waals surface area contributed by atoms with Gasteiger partial charge in [0.1, 0.15) is 28.3 Å². The SMILES string of the molecule is [B]C1CC(C)C(CN(C(=O)CN=[N+]=[N-])C(=O)OC2CC([B])OC2C(C)C)O1. The van der Waals surface area contributed by atoms with Crippen molar-refractivity contribution >= 4 is 27.7 Å². The molecule has 2 rings (SSSR count). The number of nitrogens with zero attached hydrogens (tertiary/aromatic N) is 4. The Balaban J connectivity index is 2.10. The maximum Gasteiger partial charge on any atom is 0.416 e. The molecule has 0 aromatic carbocycles. The van der Waals surface area contributed by atoms with Crippen LogP contribution in [0.1, 0.15) is 33.6 Å². The van der Waals surface area contributed by atoms with Gasteiger partial charge in [0, 0.05) is 23.3 Å². The number of hydrogen-bond donors (Lipinski definition) is 0. The Kier molecular flexibility index (Phi) is 7.58. The third-order valence-electron chi connectivity index (χ3n) is 4.81. The highest BCUT2D eigenvalue weighted by molar-refractivity contribution is 6.11. The second-order valence-corrected chi connectivity index (χ2v) is 7.36. The number of imide groups is 1. The molecule has 144 valence electrons. The summed E-state index contributed by atoms with van der Waals surface area (Å²) >= 11 is 0. The zero-order valence-corrected chi connectivity index (χ0v) is 15.9. The van der Waals surface area contributed by atoms with Gasteiger partial charge in [0.25, 0.3) is 0 Å². The Bertz CT molecular complexity index is 601. The molecule has 6 atom stereocenters. The molecule has 2 aliphatic heterocycles. The molecule has 2 heterocycles. The fourth-order valence-electron chi connectivity index (χ4n) is 3.39. The fourth-order valence-corrected chi connectivity index (χ4v) is 3.39. The number of rotatable bonds is 6. The van der Waals surface area contributed by atoms with Crippen LogP contribution in [0.2, 0.25) is 0 Å². The largest absolute Gasteiger partial charge is 0.443 e. The first-order valence-corrected chi connectivity index (χ1v) is 9.06. The van der Waals surface area contributed by atoms with Crippen molar-refractivity contribution in [2.24, 2.45) is 17.0 Å². The molecule has 0 N–H and O–H groups in total. The van der Waals surface area contributed by atoms with Crippen molar-refractivity contribution in [3.63, 3.8) is 0 Å². The molecule has 0 spiro atoms. The number of carbonyl (C=O) groups is 2. The van der Waals surface area contributed by atoms with E-state index >= 15 is 0 Å². The van der Waals surface area contributed by atoms with Gasteiger partial charge in [0.15, 0.2) is 0 Å². The molecule has 0 bridgehead atoms. The van der Waals surface area contributed by atoms with Crippen LogP contribution >= 0.6 is 0 Å². The zero-order valence-electron chi connectivity index (χ0n) is 15.9. The van der Waals surface area contributed by atoms with Crippen molar-refractivity contribution in [3.05, 3.63) is 10.4 Å². The van der Waals surface area contributed by atoms with Crippen molar-refractivity contribution in [2.45, 2.75) is 63.9 Å². The van der Waals surface area contributed by atoms with Gasteiger partial charge in [0.05, 0.1) is 18.8 Å². The molecule has 27 heavy (non-hydrogen) atoms. The van der Waals surface area contributed by atoms with E-state index in [1.807, 2.05) is 20.8 Å². The maximum atomic E-state index is 12.7. The van der Waals surface area contributed by atoms with Crippen molar-refractivity contribution in [2.75, 3.05) is 13.1 Å². The highest BCUT2D eigenvalue weighted by atomic mass is 16.6. The minimum absolute atomic E-state index is 0.0283. The molecule has 0 aromatic heterocycles. The molecular weight excluding hydrogens is 350 g/mol. The first-order valence-electron chi connectivity index (χ1n) is 9.06. The van der Waals surface area contributed by atoms with Gasteiger partial charge in [0.2, 0.25) is 5.91 Å². The Hall–Kier alpha value is -1.70. The van der Waals surface area contributed by atoms with Crippen LogP contribution in [-0.4, -0.2) is 76.0 Å². The van der Waals surface area contributed by atoms with E-state index in [1.54, 1.807) is 0 Å². The number of azide groups is 1. The average Bonchev–Trinajstić information content (AvgIpc) is 3.11. The Morgan fingerprint density at radius 3 is 2.52 bits per heavy atom. The van der Waals surface area contributed by atoms with Gasteiger partial charge in [-0.15, -0.1) is 0 Å². The van der Waals surface area contributed by atoms with Crippen LogP contribution in [0.4, 0.5) is 4.79 Å². The Labute approximate surface area is 161 Å². The highest BCUT2D eigenvalue weighted by Crippen LogP contribution is 2.29. The first kappa shape index (κ1) is 21.6.